The number of carbonyl (C=O) groups excluding carboxylic acids is 5. The zero-order valence-corrected chi connectivity index (χ0v) is 80.6. The summed E-state index contributed by atoms with van der Waals surface area (Å²) in [6.45, 7) is 12.7. The van der Waals surface area contributed by atoms with Crippen molar-refractivity contribution in [2.75, 3.05) is 38.1 Å². The minimum atomic E-state index is -1.37. The lowest BCUT2D eigenvalue weighted by molar-refractivity contribution is -0.122. The molecule has 7 N–H and O–H groups in total. The van der Waals surface area contributed by atoms with Gasteiger partial charge in [-0.25, -0.2) is 19.2 Å². The number of fused-ring (bicyclic) bond motifs is 4. The first-order valence-corrected chi connectivity index (χ1v) is 43.9. The predicted molar refractivity (Wildman–Crippen MR) is 486 cm³/mol. The van der Waals surface area contributed by atoms with E-state index in [1.165, 1.54) is 0 Å². The molecule has 105 heavy (non-hydrogen) atoms. The SMILES string of the molecule is CC(C)(C)OC(=O)NCCCNC(=O)CCCCCBr.CC(C)(C)OC(=O)NCCCNC(=O)CCCCCOC(=O)c1c(Cl)c(Cl)c(Cl)c(Cl)c1-c1c2cc(I)c(=O)c(I)c-2oc2c(I)c(O)c(I)cc12.O=C(O)c1c(Cl)c(Cl)c(Cl)c(Cl)c1-c1c2cc(I)c(=O)c(I)c-2oc2c(I)c(O)c(I)cc12. The summed E-state index contributed by atoms with van der Waals surface area (Å²) in [7, 11) is 0. The van der Waals surface area contributed by atoms with Crippen LogP contribution in [0.25, 0.3) is 66.8 Å². The molecule has 20 nitrogen and oxygen atoms in total. The van der Waals surface area contributed by atoms with E-state index in [2.05, 4.69) is 37.2 Å². The Balaban J connectivity index is 0.000000277. The first-order chi connectivity index (χ1) is 49.1. The van der Waals surface area contributed by atoms with Crippen molar-refractivity contribution in [1.82, 2.24) is 21.3 Å². The summed E-state index contributed by atoms with van der Waals surface area (Å²) in [5.74, 6) is -1.85. The topological polar surface area (TPSA) is 299 Å². The second-order valence-corrected chi connectivity index (χ2v) is 37.3. The van der Waals surface area contributed by atoms with Crippen LogP contribution in [0.2, 0.25) is 40.2 Å². The van der Waals surface area contributed by atoms with Crippen LogP contribution in [0.4, 0.5) is 9.59 Å². The van der Waals surface area contributed by atoms with E-state index in [1.807, 2.05) is 201 Å². The summed E-state index contributed by atoms with van der Waals surface area (Å²) in [6.07, 6.45) is 5.87. The van der Waals surface area contributed by atoms with Gasteiger partial charge in [0.1, 0.15) is 29.8 Å². The molecule has 4 aromatic rings. The third-order valence-electron chi connectivity index (χ3n) is 14.5. The number of alkyl carbamates (subject to hydrolysis) is 2. The quantitative estimate of drug-likeness (QED) is 0.00458. The molecule has 2 heterocycles. The maximum absolute atomic E-state index is 13.9. The average Bonchev–Trinajstić information content (AvgIpc) is 0.725. The van der Waals surface area contributed by atoms with Crippen LogP contribution in [-0.2, 0) is 23.8 Å². The monoisotopic (exact) mass is 2560 g/mol. The van der Waals surface area contributed by atoms with E-state index in [-0.39, 0.29) is 139 Å². The van der Waals surface area contributed by atoms with Crippen molar-refractivity contribution in [1.29, 1.82) is 0 Å². The van der Waals surface area contributed by atoms with E-state index < -0.39 is 35.3 Å². The lowest BCUT2D eigenvalue weighted by Crippen LogP contribution is -2.34. The Bertz CT molecular complexity index is 4750. The van der Waals surface area contributed by atoms with Crippen LogP contribution < -0.4 is 32.1 Å². The Morgan fingerprint density at radius 2 is 0.819 bits per heavy atom. The highest BCUT2D eigenvalue weighted by Crippen LogP contribution is 2.55. The summed E-state index contributed by atoms with van der Waals surface area (Å²) < 4.78 is 31.4. The third-order valence-corrected chi connectivity index (χ3v) is 25.9. The molecule has 568 valence electrons. The summed E-state index contributed by atoms with van der Waals surface area (Å²) in [4.78, 5) is 98.6. The molecule has 2 aliphatic heterocycles. The maximum atomic E-state index is 13.9. The van der Waals surface area contributed by atoms with Crippen molar-refractivity contribution >= 4 is 347 Å². The normalized spacial score (nSPS) is 11.5. The van der Waals surface area contributed by atoms with Crippen LogP contribution in [0.1, 0.15) is 126 Å². The number of phenolic OH excluding ortho intramolecular Hbond substituents is 2. The second kappa shape index (κ2) is 41.8. The number of unbranched alkanes of at least 4 members (excludes halogenated alkanes) is 4. The van der Waals surface area contributed by atoms with Crippen LogP contribution in [0, 0.1) is 28.6 Å². The van der Waals surface area contributed by atoms with E-state index in [1.54, 1.807) is 45.0 Å². The van der Waals surface area contributed by atoms with Crippen molar-refractivity contribution in [3.8, 4) is 56.4 Å². The molecule has 0 fully saturated rings. The minimum absolute atomic E-state index is 0.00898. The minimum Gasteiger partial charge on any atom is -0.506 e. The molecule has 0 atom stereocenters. The number of aromatic hydroxyl groups is 2. The summed E-state index contributed by atoms with van der Waals surface area (Å²) in [5.41, 5.74) is 0.172. The smallest absolute Gasteiger partial charge is 0.407 e. The van der Waals surface area contributed by atoms with Gasteiger partial charge in [0, 0.05) is 88.5 Å². The molecular formula is C68H61BrCl8I8N4O16. The zero-order valence-electron chi connectivity index (χ0n) is 55.7. The van der Waals surface area contributed by atoms with Gasteiger partial charge in [0.25, 0.3) is 0 Å². The third kappa shape index (κ3) is 24.2. The number of benzene rings is 6. The number of carbonyl (C=O) groups is 6. The highest BCUT2D eigenvalue weighted by atomic mass is 127. The molecular weight excluding hydrogens is 2510 g/mol. The number of hydrogen-bond donors (Lipinski definition) is 7. The van der Waals surface area contributed by atoms with Crippen molar-refractivity contribution < 1.29 is 67.1 Å². The fourth-order valence-corrected chi connectivity index (χ4v) is 19.4. The first-order valence-electron chi connectivity index (χ1n) is 31.2. The van der Waals surface area contributed by atoms with Gasteiger partial charge in [-0.1, -0.05) is 115 Å². The van der Waals surface area contributed by atoms with E-state index in [0.29, 0.717) is 119 Å². The summed E-state index contributed by atoms with van der Waals surface area (Å²) >= 11 is 70.9. The molecule has 4 aliphatic rings. The standard InChI is InChI=1S/C34H30Cl4I4N2O8.C20H4Cl4I4O5.C14H27BrN2O3/c1-34(2,3)52-33(49)44-10-7-9-43-18(45)8-5-4-6-11-50-32(48)21-20(22(35)24(37)25(38)23(21)36)19-14-12-16(39)28(46)26(41)30(14)51-31-15(19)13-17(40)29(47)27(31)42;21-10-8(9(20(31)32)11(22)13(24)12(10)23)7-3-1-5(25)16(29)14(27)18(3)33-19-4(7)2-6(26)17(30)15(19)28;1-14(2,3)20-13(19)17-11-7-10-16-12(18)8-5-4-6-9-15/h12-13,46H,4-11H2,1-3H3,(H,43,45)(H,44,49);1-2,29H,(H,31,32);4-11H2,1-3H3,(H,16,18)(H,17,19). The van der Waals surface area contributed by atoms with E-state index >= 15 is 0 Å². The van der Waals surface area contributed by atoms with Crippen LogP contribution in [-0.4, -0.2) is 101 Å². The Labute approximate surface area is 760 Å². The largest absolute Gasteiger partial charge is 0.506 e. The molecule has 2 aliphatic carbocycles. The number of hydrogen-bond acceptors (Lipinski definition) is 15. The molecule has 0 aromatic heterocycles. The molecule has 0 spiro atoms. The van der Waals surface area contributed by atoms with Crippen LogP contribution in [0.5, 0.6) is 11.5 Å². The molecule has 0 saturated heterocycles. The maximum Gasteiger partial charge on any atom is 0.407 e. The van der Waals surface area contributed by atoms with Crippen molar-refractivity contribution in [2.24, 2.45) is 0 Å². The highest BCUT2D eigenvalue weighted by molar-refractivity contribution is 14.1. The molecule has 0 radical (unpaired) electrons. The Morgan fingerprint density at radius 1 is 0.457 bits per heavy atom. The number of amides is 4. The lowest BCUT2D eigenvalue weighted by atomic mass is 9.90. The second-order valence-electron chi connectivity index (χ2n) is 24.5. The number of alkyl halides is 1. The average molecular weight is 2570 g/mol. The number of esters is 1. The van der Waals surface area contributed by atoms with Crippen molar-refractivity contribution in [3.05, 3.63) is 125 Å². The van der Waals surface area contributed by atoms with Gasteiger partial charge in [-0.2, -0.15) is 0 Å². The zero-order chi connectivity index (χ0) is 78.6. The number of rotatable bonds is 23. The number of halogens is 17. The molecule has 8 rings (SSSR count). The van der Waals surface area contributed by atoms with E-state index in [9.17, 15) is 53.7 Å². The fourth-order valence-electron chi connectivity index (χ4n) is 9.83. The first kappa shape index (κ1) is 92.8. The van der Waals surface area contributed by atoms with Gasteiger partial charge in [-0.15, -0.1) is 0 Å². The van der Waals surface area contributed by atoms with Crippen LogP contribution in [0.3, 0.4) is 0 Å². The van der Waals surface area contributed by atoms with E-state index in [4.69, 9.17) is 116 Å². The Kier molecular flexibility index (Phi) is 36.9. The molecule has 4 amide bonds. The van der Waals surface area contributed by atoms with Gasteiger partial charge in [-0.3, -0.25) is 19.2 Å². The molecule has 0 bridgehead atoms. The Hall–Kier alpha value is -1.08. The molecule has 0 unspecified atom stereocenters. The fraction of sp³-hybridized carbons (Fsp3) is 0.353. The predicted octanol–water partition coefficient (Wildman–Crippen LogP) is 23.0. The Morgan fingerprint density at radius 3 is 1.20 bits per heavy atom. The number of carboxylic acid groups (broad SMARTS) is 1. The van der Waals surface area contributed by atoms with Gasteiger partial charge in [0.15, 0.2) is 22.7 Å². The van der Waals surface area contributed by atoms with Gasteiger partial charge >= 0.3 is 24.1 Å². The highest BCUT2D eigenvalue weighted by Gasteiger charge is 2.36. The van der Waals surface area contributed by atoms with Crippen LogP contribution in [0.15, 0.2) is 42.7 Å². The summed E-state index contributed by atoms with van der Waals surface area (Å²) in [5, 5.41) is 43.0. The molecule has 4 aromatic carbocycles. The van der Waals surface area contributed by atoms with E-state index in [0.717, 1.165) is 24.6 Å². The van der Waals surface area contributed by atoms with Gasteiger partial charge in [-0.05, 0) is 291 Å². The van der Waals surface area contributed by atoms with Crippen molar-refractivity contribution in [2.45, 2.75) is 117 Å². The molecule has 37 heteroatoms. The van der Waals surface area contributed by atoms with Gasteiger partial charge < -0.3 is 59.6 Å². The lowest BCUT2D eigenvalue weighted by Gasteiger charge is -2.22. The number of carboxylic acids is 1. The number of ether oxygens (including phenoxy) is 3. The summed E-state index contributed by atoms with van der Waals surface area (Å²) in [6, 6.07) is 6.53. The number of aromatic carboxylic acids is 1. The number of phenols is 2. The van der Waals surface area contributed by atoms with Crippen molar-refractivity contribution in [3.63, 3.8) is 0 Å². The van der Waals surface area contributed by atoms with Crippen LogP contribution >= 0.6 is 289 Å². The number of nitrogens with one attached hydrogen (secondary N) is 4. The molecule has 0 saturated carbocycles. The van der Waals surface area contributed by atoms with Gasteiger partial charge in [0.2, 0.25) is 22.7 Å². The van der Waals surface area contributed by atoms with Gasteiger partial charge in [0.05, 0.1) is 79.3 Å².